The maximum Gasteiger partial charge on any atom is 0.319 e. The molecule has 2 aromatic heterocycles. The molecule has 1 aliphatic heterocycles. The third-order valence-electron chi connectivity index (χ3n) is 3.93. The first-order valence-corrected chi connectivity index (χ1v) is 7.96. The van der Waals surface area contributed by atoms with Crippen LogP contribution in [-0.4, -0.2) is 59.7 Å². The lowest BCUT2D eigenvalue weighted by molar-refractivity contribution is 0.0388. The number of nitrogens with zero attached hydrogens (tertiary/aromatic N) is 3. The Morgan fingerprint density at radius 3 is 2.96 bits per heavy atom. The van der Waals surface area contributed by atoms with Gasteiger partial charge in [0.2, 0.25) is 0 Å². The molecule has 0 unspecified atom stereocenters. The largest absolute Gasteiger partial charge is 0.379 e. The number of morpholine rings is 1. The van der Waals surface area contributed by atoms with E-state index in [4.69, 9.17) is 4.74 Å². The quantitative estimate of drug-likeness (QED) is 0.850. The Bertz CT molecular complexity index is 783. The van der Waals surface area contributed by atoms with Crippen molar-refractivity contribution in [3.05, 3.63) is 40.4 Å². The van der Waals surface area contributed by atoms with Crippen LogP contribution in [-0.2, 0) is 4.74 Å². The Morgan fingerprint density at radius 2 is 2.17 bits per heavy atom. The number of ether oxygens (including phenoxy) is 1. The molecule has 2 N–H and O–H groups in total. The van der Waals surface area contributed by atoms with Crippen LogP contribution in [0.5, 0.6) is 0 Å². The Hall–Kier alpha value is -2.45. The molecule has 2 aromatic rings. The highest BCUT2D eigenvalue weighted by Crippen LogP contribution is 2.04. The van der Waals surface area contributed by atoms with Gasteiger partial charge in [-0.05, 0) is 24.6 Å². The Balaban J connectivity index is 1.58. The average Bonchev–Trinajstić information content (AvgIpc) is 2.58. The van der Waals surface area contributed by atoms with E-state index in [2.05, 4.69) is 20.5 Å². The molecule has 2 amide bonds. The van der Waals surface area contributed by atoms with Gasteiger partial charge in [-0.1, -0.05) is 0 Å². The van der Waals surface area contributed by atoms with Gasteiger partial charge in [0.1, 0.15) is 11.3 Å². The minimum absolute atomic E-state index is 0.153. The Morgan fingerprint density at radius 1 is 1.38 bits per heavy atom. The third kappa shape index (κ3) is 3.90. The average molecular weight is 331 g/mol. The van der Waals surface area contributed by atoms with Crippen molar-refractivity contribution in [3.8, 4) is 0 Å². The molecule has 0 radical (unpaired) electrons. The van der Waals surface area contributed by atoms with Gasteiger partial charge < -0.3 is 15.4 Å². The zero-order valence-electron chi connectivity index (χ0n) is 13.6. The van der Waals surface area contributed by atoms with Gasteiger partial charge in [0.25, 0.3) is 5.56 Å². The van der Waals surface area contributed by atoms with Crippen molar-refractivity contribution in [2.75, 3.05) is 44.7 Å². The van der Waals surface area contributed by atoms with Crippen molar-refractivity contribution in [1.82, 2.24) is 19.6 Å². The van der Waals surface area contributed by atoms with Gasteiger partial charge in [-0.2, -0.15) is 0 Å². The summed E-state index contributed by atoms with van der Waals surface area (Å²) in [5.41, 5.74) is 1.42. The van der Waals surface area contributed by atoms with Crippen LogP contribution in [0, 0.1) is 6.92 Å². The molecule has 0 spiro atoms. The van der Waals surface area contributed by atoms with E-state index in [1.165, 1.54) is 10.6 Å². The summed E-state index contributed by atoms with van der Waals surface area (Å²) in [6, 6.07) is 3.23. The molecule has 0 aliphatic carbocycles. The number of nitrogens with one attached hydrogen (secondary N) is 2. The van der Waals surface area contributed by atoms with Crippen molar-refractivity contribution in [2.45, 2.75) is 6.92 Å². The lowest BCUT2D eigenvalue weighted by Gasteiger charge is -2.26. The number of carbonyl (C=O) groups is 1. The van der Waals surface area contributed by atoms with Crippen molar-refractivity contribution >= 4 is 17.4 Å². The van der Waals surface area contributed by atoms with E-state index in [9.17, 15) is 9.59 Å². The maximum atomic E-state index is 12.4. The lowest BCUT2D eigenvalue weighted by Crippen LogP contribution is -2.42. The molecule has 8 nitrogen and oxygen atoms in total. The summed E-state index contributed by atoms with van der Waals surface area (Å²) < 4.78 is 6.69. The number of pyridine rings is 1. The smallest absolute Gasteiger partial charge is 0.319 e. The minimum atomic E-state index is -0.408. The molecule has 0 atom stereocenters. The topological polar surface area (TPSA) is 88.0 Å². The number of urea groups is 1. The monoisotopic (exact) mass is 331 g/mol. The first-order valence-electron chi connectivity index (χ1n) is 7.96. The summed E-state index contributed by atoms with van der Waals surface area (Å²) in [5, 5.41) is 5.32. The number of hydrogen-bond acceptors (Lipinski definition) is 5. The third-order valence-corrected chi connectivity index (χ3v) is 3.93. The van der Waals surface area contributed by atoms with E-state index in [-0.39, 0.29) is 11.2 Å². The van der Waals surface area contributed by atoms with Crippen molar-refractivity contribution < 1.29 is 9.53 Å². The van der Waals surface area contributed by atoms with Crippen LogP contribution in [0.15, 0.2) is 29.3 Å². The zero-order chi connectivity index (χ0) is 16.9. The van der Waals surface area contributed by atoms with Crippen LogP contribution in [0.3, 0.4) is 0 Å². The van der Waals surface area contributed by atoms with Crippen LogP contribution >= 0.6 is 0 Å². The predicted octanol–water partition coefficient (Wildman–Crippen LogP) is 0.457. The van der Waals surface area contributed by atoms with Gasteiger partial charge >= 0.3 is 6.03 Å². The highest BCUT2D eigenvalue weighted by atomic mass is 16.5. The SMILES string of the molecule is Cc1ccn2c(=O)c(NC(=O)NCCN3CCOCC3)cnc2c1. The Kier molecular flexibility index (Phi) is 5.07. The normalized spacial score (nSPS) is 15.4. The summed E-state index contributed by atoms with van der Waals surface area (Å²) in [6.07, 6.45) is 3.04. The van der Waals surface area contributed by atoms with E-state index in [0.29, 0.717) is 12.2 Å². The fourth-order valence-corrected chi connectivity index (χ4v) is 2.58. The number of anilines is 1. The second-order valence-electron chi connectivity index (χ2n) is 5.74. The van der Waals surface area contributed by atoms with Crippen LogP contribution < -0.4 is 16.2 Å². The van der Waals surface area contributed by atoms with Gasteiger partial charge in [-0.3, -0.25) is 14.1 Å². The van der Waals surface area contributed by atoms with Gasteiger partial charge in [0, 0.05) is 32.4 Å². The molecule has 1 saturated heterocycles. The minimum Gasteiger partial charge on any atom is -0.379 e. The van der Waals surface area contributed by atoms with E-state index >= 15 is 0 Å². The molecule has 128 valence electrons. The van der Waals surface area contributed by atoms with Gasteiger partial charge in [-0.25, -0.2) is 9.78 Å². The van der Waals surface area contributed by atoms with Crippen molar-refractivity contribution in [3.63, 3.8) is 0 Å². The van der Waals surface area contributed by atoms with Gasteiger partial charge in [0.15, 0.2) is 0 Å². The van der Waals surface area contributed by atoms with E-state index < -0.39 is 6.03 Å². The number of aromatic nitrogens is 2. The molecule has 0 saturated carbocycles. The lowest BCUT2D eigenvalue weighted by atomic mass is 10.3. The van der Waals surface area contributed by atoms with Gasteiger partial charge in [0.05, 0.1) is 19.4 Å². The van der Waals surface area contributed by atoms with Crippen molar-refractivity contribution in [1.29, 1.82) is 0 Å². The molecule has 0 aromatic carbocycles. The van der Waals surface area contributed by atoms with Gasteiger partial charge in [-0.15, -0.1) is 0 Å². The van der Waals surface area contributed by atoms with E-state index in [0.717, 1.165) is 38.4 Å². The fourth-order valence-electron chi connectivity index (χ4n) is 2.58. The summed E-state index contributed by atoms with van der Waals surface area (Å²) in [6.45, 7) is 6.40. The number of amides is 2. The highest BCUT2D eigenvalue weighted by Gasteiger charge is 2.11. The van der Waals surface area contributed by atoms with E-state index in [1.807, 2.05) is 19.1 Å². The number of aryl methyl sites for hydroxylation is 1. The fraction of sp³-hybridized carbons (Fsp3) is 0.438. The highest BCUT2D eigenvalue weighted by molar-refractivity contribution is 5.88. The van der Waals surface area contributed by atoms with Crippen LogP contribution in [0.25, 0.3) is 5.65 Å². The van der Waals surface area contributed by atoms with Crippen LogP contribution in [0.1, 0.15) is 5.56 Å². The molecular weight excluding hydrogens is 310 g/mol. The molecule has 8 heteroatoms. The summed E-state index contributed by atoms with van der Waals surface area (Å²) in [5.74, 6) is 0. The summed E-state index contributed by atoms with van der Waals surface area (Å²) in [4.78, 5) is 30.7. The maximum absolute atomic E-state index is 12.4. The van der Waals surface area contributed by atoms with Crippen LogP contribution in [0.2, 0.25) is 0 Å². The zero-order valence-corrected chi connectivity index (χ0v) is 13.6. The first-order chi connectivity index (χ1) is 11.6. The van der Waals surface area contributed by atoms with Crippen molar-refractivity contribution in [2.24, 2.45) is 0 Å². The molecule has 24 heavy (non-hydrogen) atoms. The first kappa shape index (κ1) is 16.4. The van der Waals surface area contributed by atoms with Crippen LogP contribution in [0.4, 0.5) is 10.5 Å². The number of carbonyl (C=O) groups excluding carboxylic acids is 1. The number of rotatable bonds is 4. The molecule has 1 fully saturated rings. The number of hydrogen-bond donors (Lipinski definition) is 2. The predicted molar refractivity (Wildman–Crippen MR) is 90.5 cm³/mol. The summed E-state index contributed by atoms with van der Waals surface area (Å²) in [7, 11) is 0. The standard InChI is InChI=1S/C16H21N5O3/c1-12-2-4-21-14(10-12)18-11-13(15(21)22)19-16(23)17-3-5-20-6-8-24-9-7-20/h2,4,10-11H,3,5-9H2,1H3,(H2,17,19,23). The second kappa shape index (κ2) is 7.41. The molecule has 0 bridgehead atoms. The molecule has 1 aliphatic rings. The number of fused-ring (bicyclic) bond motifs is 1. The molecular formula is C16H21N5O3. The van der Waals surface area contributed by atoms with E-state index in [1.54, 1.807) is 6.20 Å². The molecule has 3 heterocycles. The second-order valence-corrected chi connectivity index (χ2v) is 5.74. The Labute approximate surface area is 139 Å². The molecule has 3 rings (SSSR count). The summed E-state index contributed by atoms with van der Waals surface area (Å²) >= 11 is 0.